The van der Waals surface area contributed by atoms with Crippen LogP contribution in [0.1, 0.15) is 17.5 Å². The van der Waals surface area contributed by atoms with Crippen molar-refractivity contribution in [3.8, 4) is 0 Å². The molecule has 1 aliphatic rings. The van der Waals surface area contributed by atoms with Gasteiger partial charge in [-0.3, -0.25) is 0 Å². The van der Waals surface area contributed by atoms with Gasteiger partial charge in [-0.05, 0) is 59.5 Å². The molecular formula is C25H20F7NO2S2. The van der Waals surface area contributed by atoms with Crippen LogP contribution in [-0.4, -0.2) is 39.4 Å². The zero-order chi connectivity index (χ0) is 27.1. The van der Waals surface area contributed by atoms with Crippen LogP contribution in [-0.2, 0) is 21.5 Å². The highest BCUT2D eigenvalue weighted by atomic mass is 32.2. The molecule has 0 spiro atoms. The predicted molar refractivity (Wildman–Crippen MR) is 125 cm³/mol. The van der Waals surface area contributed by atoms with Gasteiger partial charge < -0.3 is 9.66 Å². The molecule has 0 aliphatic carbocycles. The van der Waals surface area contributed by atoms with Gasteiger partial charge in [-0.1, -0.05) is 42.5 Å². The van der Waals surface area contributed by atoms with Crippen LogP contribution in [0.25, 0.3) is 0 Å². The van der Waals surface area contributed by atoms with E-state index in [9.17, 15) is 40.4 Å². The largest absolute Gasteiger partial charge is 0.611 e. The second-order valence-electron chi connectivity index (χ2n) is 8.52. The number of nitrogens with zero attached hydrogens (tertiary/aromatic N) is 1. The smallest absolute Gasteiger partial charge is 0.430 e. The fourth-order valence-corrected chi connectivity index (χ4v) is 7.10. The van der Waals surface area contributed by atoms with Gasteiger partial charge >= 0.3 is 12.4 Å². The van der Waals surface area contributed by atoms with Crippen molar-refractivity contribution in [2.24, 2.45) is 0 Å². The van der Waals surface area contributed by atoms with E-state index < -0.39 is 45.3 Å². The maximum absolute atomic E-state index is 13.8. The van der Waals surface area contributed by atoms with Crippen molar-refractivity contribution in [3.05, 3.63) is 95.8 Å². The number of benzene rings is 3. The molecule has 0 saturated carbocycles. The molecule has 2 unspecified atom stereocenters. The van der Waals surface area contributed by atoms with Gasteiger partial charge in [0.2, 0.25) is 0 Å². The minimum Gasteiger partial charge on any atom is -0.611 e. The first-order chi connectivity index (χ1) is 17.3. The summed E-state index contributed by atoms with van der Waals surface area (Å²) in [5, 5.41) is 9.74. The lowest BCUT2D eigenvalue weighted by Gasteiger charge is -2.34. The third-order valence-electron chi connectivity index (χ3n) is 6.21. The highest BCUT2D eigenvalue weighted by Gasteiger charge is 2.71. The minimum atomic E-state index is -6.01. The van der Waals surface area contributed by atoms with Gasteiger partial charge in [-0.15, -0.1) is 0 Å². The van der Waals surface area contributed by atoms with Gasteiger partial charge in [-0.25, -0.2) is 8.70 Å². The summed E-state index contributed by atoms with van der Waals surface area (Å²) in [7, 11) is 0. The monoisotopic (exact) mass is 563 g/mol. The molecule has 1 N–H and O–H groups in total. The van der Waals surface area contributed by atoms with Crippen LogP contribution in [0.2, 0.25) is 0 Å². The van der Waals surface area contributed by atoms with E-state index in [4.69, 9.17) is 0 Å². The highest BCUT2D eigenvalue weighted by Crippen LogP contribution is 2.51. The van der Waals surface area contributed by atoms with Gasteiger partial charge in [0, 0.05) is 29.0 Å². The molecule has 37 heavy (non-hydrogen) atoms. The zero-order valence-corrected chi connectivity index (χ0v) is 20.5. The topological polar surface area (TPSA) is 46.5 Å². The number of aliphatic hydroxyl groups is 1. The van der Waals surface area contributed by atoms with E-state index in [-0.39, 0.29) is 18.5 Å². The van der Waals surface area contributed by atoms with Gasteiger partial charge in [0.25, 0.3) is 5.60 Å². The Morgan fingerprint density at radius 1 is 0.838 bits per heavy atom. The van der Waals surface area contributed by atoms with Crippen molar-refractivity contribution in [1.82, 2.24) is 4.31 Å². The van der Waals surface area contributed by atoms with Crippen molar-refractivity contribution in [2.45, 2.75) is 38.9 Å². The summed E-state index contributed by atoms with van der Waals surface area (Å²) in [5.74, 6) is -0.414. The molecule has 1 heterocycles. The van der Waals surface area contributed by atoms with E-state index in [2.05, 4.69) is 0 Å². The van der Waals surface area contributed by atoms with Gasteiger partial charge in [0.15, 0.2) is 9.64 Å². The molecule has 1 saturated heterocycles. The van der Waals surface area contributed by atoms with Crippen molar-refractivity contribution >= 4 is 23.1 Å². The average Bonchev–Trinajstić information content (AvgIpc) is 3.28. The lowest BCUT2D eigenvalue weighted by Crippen LogP contribution is -2.54. The molecule has 3 aromatic rings. The normalized spacial score (nSPS) is 20.2. The van der Waals surface area contributed by atoms with E-state index in [1.54, 1.807) is 42.5 Å². The standard InChI is InChI=1S/C25H20F7NO2S2/c26-19-10-12-20(13-11-19)36-33-15-14-22(16-33,37(35)21-4-2-1-3-5-21)17-6-8-18(9-7-17)23(34,24(27,28)29)25(30,31)32/h1-13,34H,14-16H2. The molecule has 0 radical (unpaired) electrons. The first-order valence-corrected chi connectivity index (χ1v) is 12.8. The molecule has 4 rings (SSSR count). The van der Waals surface area contributed by atoms with Crippen LogP contribution in [0.5, 0.6) is 0 Å². The Balaban J connectivity index is 1.72. The number of halogens is 7. The van der Waals surface area contributed by atoms with E-state index in [1.807, 2.05) is 4.31 Å². The maximum atomic E-state index is 13.8. The molecule has 2 atom stereocenters. The SMILES string of the molecule is [O-][S+](c1ccccc1)C1(c2ccc(C(O)(C(F)(F)F)C(F)(F)F)cc2)CCN(Sc2ccc(F)cc2)C1. The summed E-state index contributed by atoms with van der Waals surface area (Å²) in [6.07, 6.45) is -11.7. The Morgan fingerprint density at radius 3 is 1.95 bits per heavy atom. The Hall–Kier alpha value is -2.25. The molecular weight excluding hydrogens is 543 g/mol. The number of hydrogen-bond acceptors (Lipinski definition) is 4. The molecule has 0 bridgehead atoms. The first-order valence-electron chi connectivity index (χ1n) is 10.9. The molecule has 1 aliphatic heterocycles. The molecule has 12 heteroatoms. The summed E-state index contributed by atoms with van der Waals surface area (Å²) < 4.78 is 108. The maximum Gasteiger partial charge on any atom is 0.430 e. The van der Waals surface area contributed by atoms with Crippen LogP contribution in [0.15, 0.2) is 88.7 Å². The molecule has 3 aromatic carbocycles. The van der Waals surface area contributed by atoms with Crippen LogP contribution in [0.3, 0.4) is 0 Å². The molecule has 3 nitrogen and oxygen atoms in total. The van der Waals surface area contributed by atoms with Crippen LogP contribution < -0.4 is 0 Å². The summed E-state index contributed by atoms with van der Waals surface area (Å²) in [6.45, 7) is 0.552. The highest BCUT2D eigenvalue weighted by molar-refractivity contribution is 7.97. The lowest BCUT2D eigenvalue weighted by atomic mass is 9.89. The van der Waals surface area contributed by atoms with Crippen LogP contribution >= 0.6 is 11.9 Å². The van der Waals surface area contributed by atoms with Gasteiger partial charge in [0.05, 0.1) is 6.54 Å². The van der Waals surface area contributed by atoms with Crippen molar-refractivity contribution in [3.63, 3.8) is 0 Å². The molecule has 198 valence electrons. The van der Waals surface area contributed by atoms with Crippen molar-refractivity contribution in [1.29, 1.82) is 0 Å². The van der Waals surface area contributed by atoms with Crippen molar-refractivity contribution < 1.29 is 40.4 Å². The Bertz CT molecular complexity index is 1190. The number of hydrogen-bond donors (Lipinski definition) is 1. The van der Waals surface area contributed by atoms with E-state index >= 15 is 0 Å². The Kier molecular flexibility index (Phi) is 7.61. The van der Waals surface area contributed by atoms with Gasteiger partial charge in [-0.2, -0.15) is 26.3 Å². The molecule has 0 aromatic heterocycles. The summed E-state index contributed by atoms with van der Waals surface area (Å²) in [4.78, 5) is 1.15. The minimum absolute atomic E-state index is 0.151. The number of rotatable bonds is 6. The third kappa shape index (κ3) is 5.22. The quantitative estimate of drug-likeness (QED) is 0.210. The van der Waals surface area contributed by atoms with E-state index in [1.165, 1.54) is 24.1 Å². The average molecular weight is 564 g/mol. The summed E-state index contributed by atoms with van der Waals surface area (Å²) in [6, 6.07) is 17.3. The van der Waals surface area contributed by atoms with E-state index in [0.29, 0.717) is 28.5 Å². The molecule has 1 fully saturated rings. The number of alkyl halides is 6. The Morgan fingerprint density at radius 2 is 1.41 bits per heavy atom. The second-order valence-corrected chi connectivity index (χ2v) is 11.5. The fraction of sp³-hybridized carbons (Fsp3) is 0.280. The fourth-order valence-electron chi connectivity index (χ4n) is 4.24. The first kappa shape index (κ1) is 27.8. The predicted octanol–water partition coefficient (Wildman–Crippen LogP) is 6.55. The van der Waals surface area contributed by atoms with E-state index in [0.717, 1.165) is 12.1 Å². The lowest BCUT2D eigenvalue weighted by molar-refractivity contribution is -0.376. The molecule has 0 amide bonds. The second kappa shape index (κ2) is 10.1. The van der Waals surface area contributed by atoms with Gasteiger partial charge in [0.1, 0.15) is 5.82 Å². The Labute approximate surface area is 215 Å². The van der Waals surface area contributed by atoms with Crippen LogP contribution in [0.4, 0.5) is 30.7 Å². The summed E-state index contributed by atoms with van der Waals surface area (Å²) >= 11 is -0.456. The zero-order valence-electron chi connectivity index (χ0n) is 18.9. The third-order valence-corrected chi connectivity index (χ3v) is 9.24. The van der Waals surface area contributed by atoms with Crippen LogP contribution in [0, 0.1) is 5.82 Å². The van der Waals surface area contributed by atoms with Crippen molar-refractivity contribution in [2.75, 3.05) is 13.1 Å². The summed E-state index contributed by atoms with van der Waals surface area (Å²) in [5.41, 5.74) is -6.16.